The van der Waals surface area contributed by atoms with Gasteiger partial charge in [0, 0.05) is 50.5 Å². The van der Waals surface area contributed by atoms with Crippen LogP contribution in [0.15, 0.2) is 35.9 Å². The largest absolute Gasteiger partial charge is 0.458 e. The Hall–Kier alpha value is -3.56. The summed E-state index contributed by atoms with van der Waals surface area (Å²) in [4.78, 5) is 57.6. The molecule has 1 aliphatic carbocycles. The van der Waals surface area contributed by atoms with Gasteiger partial charge in [0.25, 0.3) is 5.69 Å². The zero-order valence-electron chi connectivity index (χ0n) is 15.9. The number of ether oxygens (including phenoxy) is 3. The third-order valence-corrected chi connectivity index (χ3v) is 4.01. The van der Waals surface area contributed by atoms with Crippen LogP contribution in [0.25, 0.3) is 0 Å². The van der Waals surface area contributed by atoms with E-state index in [1.165, 1.54) is 24.3 Å². The van der Waals surface area contributed by atoms with Crippen LogP contribution < -0.4 is 0 Å². The Balaban J connectivity index is 2.44. The van der Waals surface area contributed by atoms with Crippen molar-refractivity contribution in [1.29, 1.82) is 0 Å². The summed E-state index contributed by atoms with van der Waals surface area (Å²) in [5, 5.41) is 11.0. The van der Waals surface area contributed by atoms with Crippen LogP contribution in [-0.4, -0.2) is 46.9 Å². The van der Waals surface area contributed by atoms with Crippen molar-refractivity contribution in [2.45, 2.75) is 45.5 Å². The summed E-state index contributed by atoms with van der Waals surface area (Å²) in [7, 11) is 0. The fraction of sp³-hybridized carbons (Fsp3) is 0.368. The topological polar surface area (TPSA) is 139 Å². The molecule has 0 heterocycles. The molecule has 0 spiro atoms. The van der Waals surface area contributed by atoms with E-state index in [2.05, 4.69) is 0 Å². The predicted molar refractivity (Wildman–Crippen MR) is 96.8 cm³/mol. The number of hydrogen-bond acceptors (Lipinski definition) is 9. The highest BCUT2D eigenvalue weighted by Crippen LogP contribution is 2.29. The van der Waals surface area contributed by atoms with Crippen molar-refractivity contribution in [2.24, 2.45) is 0 Å². The van der Waals surface area contributed by atoms with Crippen molar-refractivity contribution in [2.75, 3.05) is 0 Å². The first-order valence-corrected chi connectivity index (χ1v) is 8.60. The maximum absolute atomic E-state index is 12.9. The second-order valence-corrected chi connectivity index (χ2v) is 6.33. The molecule has 10 nitrogen and oxygen atoms in total. The highest BCUT2D eigenvalue weighted by atomic mass is 16.6. The van der Waals surface area contributed by atoms with Crippen molar-refractivity contribution in [3.05, 3.63) is 51.6 Å². The van der Waals surface area contributed by atoms with Gasteiger partial charge < -0.3 is 14.2 Å². The Kier molecular flexibility index (Phi) is 6.81. The van der Waals surface area contributed by atoms with E-state index >= 15 is 0 Å². The molecule has 0 aliphatic heterocycles. The van der Waals surface area contributed by atoms with Gasteiger partial charge in [0.05, 0.1) is 4.92 Å². The van der Waals surface area contributed by atoms with E-state index in [1.54, 1.807) is 0 Å². The second-order valence-electron chi connectivity index (χ2n) is 6.33. The van der Waals surface area contributed by atoms with Crippen LogP contribution in [0.1, 0.15) is 37.6 Å². The molecule has 0 bridgehead atoms. The van der Waals surface area contributed by atoms with Crippen LogP contribution in [0.3, 0.4) is 0 Å². The maximum atomic E-state index is 12.9. The van der Waals surface area contributed by atoms with Crippen LogP contribution >= 0.6 is 0 Å². The highest BCUT2D eigenvalue weighted by molar-refractivity contribution is 6.09. The number of nitro groups is 1. The normalized spacial score (nSPS) is 20.8. The highest BCUT2D eigenvalue weighted by Gasteiger charge is 2.41. The fourth-order valence-electron chi connectivity index (χ4n) is 2.97. The molecule has 0 N–H and O–H groups in total. The van der Waals surface area contributed by atoms with E-state index in [9.17, 15) is 29.3 Å². The Morgan fingerprint density at radius 3 is 2.17 bits per heavy atom. The summed E-state index contributed by atoms with van der Waals surface area (Å²) >= 11 is 0. The molecule has 0 saturated carbocycles. The van der Waals surface area contributed by atoms with Gasteiger partial charge in [0.2, 0.25) is 0 Å². The molecule has 0 amide bonds. The van der Waals surface area contributed by atoms with Gasteiger partial charge in [0.15, 0.2) is 18.0 Å². The number of Topliss-reactive ketones (excluding diaryl/α,β-unsaturated/α-hetero) is 1. The smallest absolute Gasteiger partial charge is 0.303 e. The van der Waals surface area contributed by atoms with Crippen molar-refractivity contribution in [1.82, 2.24) is 0 Å². The fourth-order valence-corrected chi connectivity index (χ4v) is 2.97. The number of rotatable bonds is 6. The number of carbonyl (C=O) groups is 4. The first-order chi connectivity index (χ1) is 13.6. The van der Waals surface area contributed by atoms with Gasteiger partial charge in [-0.2, -0.15) is 0 Å². The SMILES string of the molecule is CC(=O)O[C@@H]1[C@H](OC(C)=O)C=C(C(=O)c2cccc([N+](=O)[O-])c2)C[C@H]1OC(C)=O. The molecule has 1 aliphatic rings. The van der Waals surface area contributed by atoms with Gasteiger partial charge >= 0.3 is 17.9 Å². The number of ketones is 1. The number of nitrogens with zero attached hydrogens (tertiary/aromatic N) is 1. The van der Waals surface area contributed by atoms with Crippen LogP contribution in [0.2, 0.25) is 0 Å². The number of non-ortho nitro benzene ring substituents is 1. The monoisotopic (exact) mass is 405 g/mol. The Labute approximate surface area is 165 Å². The summed E-state index contributed by atoms with van der Waals surface area (Å²) < 4.78 is 15.5. The van der Waals surface area contributed by atoms with Gasteiger partial charge in [-0.15, -0.1) is 0 Å². The lowest BCUT2D eigenvalue weighted by molar-refractivity contribution is -0.384. The van der Waals surface area contributed by atoms with E-state index in [0.717, 1.165) is 26.8 Å². The molecule has 0 aromatic heterocycles. The first-order valence-electron chi connectivity index (χ1n) is 8.60. The van der Waals surface area contributed by atoms with Gasteiger partial charge in [-0.05, 0) is 6.08 Å². The number of benzene rings is 1. The van der Waals surface area contributed by atoms with Crippen molar-refractivity contribution >= 4 is 29.4 Å². The summed E-state index contributed by atoms with van der Waals surface area (Å²) in [6.07, 6.45) is -2.22. The number of nitro benzene ring substituents is 1. The summed E-state index contributed by atoms with van der Waals surface area (Å²) in [5.41, 5.74) is -0.121. The Morgan fingerprint density at radius 2 is 1.62 bits per heavy atom. The lowest BCUT2D eigenvalue weighted by Crippen LogP contribution is -2.47. The molecule has 154 valence electrons. The minimum absolute atomic E-state index is 0.0412. The van der Waals surface area contributed by atoms with E-state index in [1.807, 2.05) is 0 Å². The van der Waals surface area contributed by atoms with E-state index in [-0.39, 0.29) is 23.2 Å². The molecule has 1 aromatic carbocycles. The number of hydrogen-bond donors (Lipinski definition) is 0. The average Bonchev–Trinajstić information content (AvgIpc) is 2.62. The summed E-state index contributed by atoms with van der Waals surface area (Å²) in [5.74, 6) is -2.64. The number of esters is 3. The molecule has 0 unspecified atom stereocenters. The van der Waals surface area contributed by atoms with Crippen LogP contribution in [-0.2, 0) is 28.6 Å². The first kappa shape index (κ1) is 21.7. The Morgan fingerprint density at radius 1 is 1.00 bits per heavy atom. The lowest BCUT2D eigenvalue weighted by atomic mass is 9.87. The zero-order chi connectivity index (χ0) is 21.7. The van der Waals surface area contributed by atoms with Gasteiger partial charge in [-0.3, -0.25) is 29.3 Å². The van der Waals surface area contributed by atoms with Crippen LogP contribution in [0, 0.1) is 10.1 Å². The molecule has 0 radical (unpaired) electrons. The second kappa shape index (κ2) is 9.09. The minimum atomic E-state index is -1.17. The predicted octanol–water partition coefficient (Wildman–Crippen LogP) is 1.90. The molecular formula is C19H19NO9. The summed E-state index contributed by atoms with van der Waals surface area (Å²) in [6, 6.07) is 5.12. The van der Waals surface area contributed by atoms with E-state index in [4.69, 9.17) is 14.2 Å². The van der Waals surface area contributed by atoms with Crippen molar-refractivity contribution in [3.8, 4) is 0 Å². The van der Waals surface area contributed by atoms with Crippen LogP contribution in [0.4, 0.5) is 5.69 Å². The third-order valence-electron chi connectivity index (χ3n) is 4.01. The van der Waals surface area contributed by atoms with Gasteiger partial charge in [-0.25, -0.2) is 0 Å². The minimum Gasteiger partial charge on any atom is -0.458 e. The molecular weight excluding hydrogens is 386 g/mol. The standard InChI is InChI=1S/C19H19NO9/c1-10(21)27-16-8-14(9-17(28-11(2)22)19(16)29-12(3)23)18(24)13-5-4-6-15(7-13)20(25)26/h4-8,16-17,19H,9H2,1-3H3/t16-,17-,19-/m1/s1. The maximum Gasteiger partial charge on any atom is 0.303 e. The zero-order valence-corrected chi connectivity index (χ0v) is 15.9. The molecule has 2 rings (SSSR count). The molecule has 3 atom stereocenters. The Bertz CT molecular complexity index is 889. The van der Waals surface area contributed by atoms with Crippen molar-refractivity contribution in [3.63, 3.8) is 0 Å². The van der Waals surface area contributed by atoms with Crippen molar-refractivity contribution < 1.29 is 38.3 Å². The average molecular weight is 405 g/mol. The van der Waals surface area contributed by atoms with Crippen LogP contribution in [0.5, 0.6) is 0 Å². The molecule has 10 heteroatoms. The molecule has 1 aromatic rings. The third kappa shape index (κ3) is 5.71. The molecule has 29 heavy (non-hydrogen) atoms. The molecule has 0 fully saturated rings. The van der Waals surface area contributed by atoms with E-state index in [0.29, 0.717) is 0 Å². The van der Waals surface area contributed by atoms with E-state index < -0.39 is 46.9 Å². The molecule has 0 saturated heterocycles. The van der Waals surface area contributed by atoms with Gasteiger partial charge in [0.1, 0.15) is 6.10 Å². The number of carbonyl (C=O) groups excluding carboxylic acids is 4. The van der Waals surface area contributed by atoms with Gasteiger partial charge in [-0.1, -0.05) is 12.1 Å². The quantitative estimate of drug-likeness (QED) is 0.228. The lowest BCUT2D eigenvalue weighted by Gasteiger charge is -2.34. The summed E-state index contributed by atoms with van der Waals surface area (Å²) in [6.45, 7) is 3.42.